The molecule has 0 radical (unpaired) electrons. The molecule has 0 spiro atoms. The maximum Gasteiger partial charge on any atom is 0.314 e. The topological polar surface area (TPSA) is 43.4 Å². The van der Waals surface area contributed by atoms with E-state index in [4.69, 9.17) is 4.74 Å². The first-order valence-corrected chi connectivity index (χ1v) is 4.84. The fourth-order valence-electron chi connectivity index (χ4n) is 1.78. The van der Waals surface area contributed by atoms with Gasteiger partial charge in [-0.1, -0.05) is 29.8 Å². The zero-order valence-electron chi connectivity index (χ0n) is 8.74. The smallest absolute Gasteiger partial charge is 0.314 e. The molecule has 1 aliphatic rings. The van der Waals surface area contributed by atoms with Crippen LogP contribution in [0.15, 0.2) is 24.3 Å². The summed E-state index contributed by atoms with van der Waals surface area (Å²) in [5, 5.41) is 0. The lowest BCUT2D eigenvalue weighted by atomic mass is 9.91. The predicted molar refractivity (Wildman–Crippen MR) is 54.2 cm³/mol. The van der Waals surface area contributed by atoms with Gasteiger partial charge in [-0.2, -0.15) is 0 Å². The minimum Gasteiger partial charge on any atom is -0.446 e. The molecule has 1 aliphatic heterocycles. The van der Waals surface area contributed by atoms with Crippen molar-refractivity contribution in [3.8, 4) is 0 Å². The normalized spacial score (nSPS) is 25.5. The maximum atomic E-state index is 11.7. The van der Waals surface area contributed by atoms with Crippen molar-refractivity contribution in [1.82, 2.24) is 0 Å². The third-order valence-electron chi connectivity index (χ3n) is 2.72. The van der Waals surface area contributed by atoms with Crippen LogP contribution in [-0.4, -0.2) is 11.8 Å². The van der Waals surface area contributed by atoms with E-state index in [1.165, 1.54) is 0 Å². The largest absolute Gasteiger partial charge is 0.446 e. The lowest BCUT2D eigenvalue weighted by Crippen LogP contribution is -2.29. The number of hydrogen-bond acceptors (Lipinski definition) is 3. The van der Waals surface area contributed by atoms with E-state index in [2.05, 4.69) is 0 Å². The van der Waals surface area contributed by atoms with Crippen LogP contribution in [0.1, 0.15) is 24.5 Å². The Kier molecular flexibility index (Phi) is 2.11. The standard InChI is InChI=1S/C12H12O3/c1-8-4-3-5-9(6-8)12(2)10(13)7-11(14)15-12/h3-6H,7H2,1-2H3/t12-/m1/s1. The van der Waals surface area contributed by atoms with Gasteiger partial charge in [0.05, 0.1) is 0 Å². The molecule has 0 bridgehead atoms. The van der Waals surface area contributed by atoms with E-state index >= 15 is 0 Å². The van der Waals surface area contributed by atoms with Crippen molar-refractivity contribution >= 4 is 11.8 Å². The van der Waals surface area contributed by atoms with Crippen LogP contribution in [0.2, 0.25) is 0 Å². The molecular formula is C12H12O3. The monoisotopic (exact) mass is 204 g/mol. The molecule has 0 N–H and O–H groups in total. The van der Waals surface area contributed by atoms with Crippen molar-refractivity contribution in [2.75, 3.05) is 0 Å². The molecule has 3 nitrogen and oxygen atoms in total. The van der Waals surface area contributed by atoms with Crippen LogP contribution in [0.4, 0.5) is 0 Å². The molecule has 0 amide bonds. The number of carbonyl (C=O) groups is 2. The highest BCUT2D eigenvalue weighted by Crippen LogP contribution is 2.33. The summed E-state index contributed by atoms with van der Waals surface area (Å²) in [6.45, 7) is 3.59. The maximum absolute atomic E-state index is 11.7. The van der Waals surface area contributed by atoms with Crippen molar-refractivity contribution in [1.29, 1.82) is 0 Å². The Hall–Kier alpha value is -1.64. The van der Waals surface area contributed by atoms with E-state index in [9.17, 15) is 9.59 Å². The number of ketones is 1. The van der Waals surface area contributed by atoms with E-state index in [-0.39, 0.29) is 12.2 Å². The Bertz CT molecular complexity index is 436. The fraction of sp³-hybridized carbons (Fsp3) is 0.333. The predicted octanol–water partition coefficient (Wildman–Crippen LogP) is 1.73. The Morgan fingerprint density at radius 1 is 1.33 bits per heavy atom. The second kappa shape index (κ2) is 3.19. The zero-order chi connectivity index (χ0) is 11.1. The summed E-state index contributed by atoms with van der Waals surface area (Å²) in [7, 11) is 0. The van der Waals surface area contributed by atoms with Crippen molar-refractivity contribution in [2.24, 2.45) is 0 Å². The number of aryl methyl sites for hydroxylation is 1. The molecule has 78 valence electrons. The lowest BCUT2D eigenvalue weighted by Gasteiger charge is -2.21. The minimum absolute atomic E-state index is 0.121. The van der Waals surface area contributed by atoms with E-state index in [1.807, 2.05) is 31.2 Å². The molecule has 1 aromatic carbocycles. The van der Waals surface area contributed by atoms with Crippen LogP contribution >= 0.6 is 0 Å². The summed E-state index contributed by atoms with van der Waals surface area (Å²) < 4.78 is 5.11. The number of Topliss-reactive ketones (excluding diaryl/α,β-unsaturated/α-hetero) is 1. The highest BCUT2D eigenvalue weighted by atomic mass is 16.6. The van der Waals surface area contributed by atoms with Gasteiger partial charge in [-0.05, 0) is 13.8 Å². The molecule has 0 unspecified atom stereocenters. The van der Waals surface area contributed by atoms with Gasteiger partial charge in [0.2, 0.25) is 0 Å². The van der Waals surface area contributed by atoms with Gasteiger partial charge >= 0.3 is 5.97 Å². The van der Waals surface area contributed by atoms with Gasteiger partial charge in [0.25, 0.3) is 0 Å². The second-order valence-corrected chi connectivity index (χ2v) is 3.98. The Balaban J connectivity index is 2.46. The zero-order valence-corrected chi connectivity index (χ0v) is 8.74. The fourth-order valence-corrected chi connectivity index (χ4v) is 1.78. The van der Waals surface area contributed by atoms with Gasteiger partial charge < -0.3 is 4.74 Å². The average molecular weight is 204 g/mol. The molecule has 2 rings (SSSR count). The summed E-state index contributed by atoms with van der Waals surface area (Å²) in [6.07, 6.45) is -0.121. The molecule has 0 aliphatic carbocycles. The summed E-state index contributed by atoms with van der Waals surface area (Å²) in [6, 6.07) is 7.48. The molecule has 1 atom stereocenters. The number of ether oxygens (including phenoxy) is 1. The van der Waals surface area contributed by atoms with Gasteiger partial charge in [-0.15, -0.1) is 0 Å². The summed E-state index contributed by atoms with van der Waals surface area (Å²) >= 11 is 0. The first-order chi connectivity index (χ1) is 7.02. The first-order valence-electron chi connectivity index (χ1n) is 4.84. The van der Waals surface area contributed by atoms with E-state index in [0.29, 0.717) is 0 Å². The third kappa shape index (κ3) is 1.54. The average Bonchev–Trinajstić information content (AvgIpc) is 2.42. The SMILES string of the molecule is Cc1cccc([C@@]2(C)OC(=O)CC2=O)c1. The Morgan fingerprint density at radius 3 is 2.60 bits per heavy atom. The van der Waals surface area contributed by atoms with Crippen LogP contribution in [0.5, 0.6) is 0 Å². The third-order valence-corrected chi connectivity index (χ3v) is 2.72. The number of rotatable bonds is 1. The minimum atomic E-state index is -1.08. The quantitative estimate of drug-likeness (QED) is 0.516. The van der Waals surface area contributed by atoms with Crippen LogP contribution in [0.25, 0.3) is 0 Å². The Morgan fingerprint density at radius 2 is 2.07 bits per heavy atom. The van der Waals surface area contributed by atoms with Crippen LogP contribution < -0.4 is 0 Å². The number of esters is 1. The number of carbonyl (C=O) groups excluding carboxylic acids is 2. The number of benzene rings is 1. The number of hydrogen-bond donors (Lipinski definition) is 0. The van der Waals surface area contributed by atoms with E-state index in [0.717, 1.165) is 11.1 Å². The molecule has 1 fully saturated rings. The van der Waals surface area contributed by atoms with Crippen LogP contribution in [0.3, 0.4) is 0 Å². The lowest BCUT2D eigenvalue weighted by molar-refractivity contribution is -0.151. The van der Waals surface area contributed by atoms with Crippen LogP contribution in [0, 0.1) is 6.92 Å². The Labute approximate surface area is 88.1 Å². The van der Waals surface area contributed by atoms with Gasteiger partial charge in [-0.3, -0.25) is 9.59 Å². The molecule has 15 heavy (non-hydrogen) atoms. The highest BCUT2D eigenvalue weighted by molar-refractivity contribution is 6.06. The van der Waals surface area contributed by atoms with Gasteiger partial charge in [0.15, 0.2) is 11.4 Å². The molecule has 1 heterocycles. The highest BCUT2D eigenvalue weighted by Gasteiger charge is 2.45. The summed E-state index contributed by atoms with van der Waals surface area (Å²) in [5.41, 5.74) is 0.714. The summed E-state index contributed by atoms with van der Waals surface area (Å²) in [5.74, 6) is -0.609. The van der Waals surface area contributed by atoms with Crippen molar-refractivity contribution < 1.29 is 14.3 Å². The van der Waals surface area contributed by atoms with Crippen molar-refractivity contribution in [3.63, 3.8) is 0 Å². The van der Waals surface area contributed by atoms with Crippen LogP contribution in [-0.2, 0) is 19.9 Å². The second-order valence-electron chi connectivity index (χ2n) is 3.98. The van der Waals surface area contributed by atoms with Gasteiger partial charge in [0.1, 0.15) is 6.42 Å². The van der Waals surface area contributed by atoms with Crippen molar-refractivity contribution in [3.05, 3.63) is 35.4 Å². The molecule has 0 aromatic heterocycles. The molecule has 3 heteroatoms. The summed E-state index contributed by atoms with van der Waals surface area (Å²) in [4.78, 5) is 22.8. The molecule has 1 aromatic rings. The van der Waals surface area contributed by atoms with Gasteiger partial charge in [-0.25, -0.2) is 0 Å². The number of cyclic esters (lactones) is 1. The molecule has 1 saturated heterocycles. The first kappa shape index (κ1) is 9.90. The molecular weight excluding hydrogens is 192 g/mol. The van der Waals surface area contributed by atoms with E-state index in [1.54, 1.807) is 6.92 Å². The van der Waals surface area contributed by atoms with Crippen molar-refractivity contribution in [2.45, 2.75) is 25.9 Å². The molecule has 0 saturated carbocycles. The van der Waals surface area contributed by atoms with Gasteiger partial charge in [0, 0.05) is 5.56 Å². The van der Waals surface area contributed by atoms with E-state index < -0.39 is 11.6 Å².